The second-order valence-electron chi connectivity index (χ2n) is 24.2. The molecule has 1 N–H and O–H groups in total. The van der Waals surface area contributed by atoms with Crippen LogP contribution in [0.2, 0.25) is 0 Å². The smallest absolute Gasteiger partial charge is 0.462 e. The Bertz CT molecular complexity index is 1660. The van der Waals surface area contributed by atoms with Gasteiger partial charge in [-0.05, 0) is 89.9 Å². The molecule has 0 saturated carbocycles. The van der Waals surface area contributed by atoms with Crippen molar-refractivity contribution in [3.63, 3.8) is 0 Å². The molecule has 0 spiro atoms. The fraction of sp³-hybridized carbons (Fsp3) is 0.778. The van der Waals surface area contributed by atoms with Gasteiger partial charge in [0.05, 0.1) is 27.7 Å². The van der Waals surface area contributed by atoms with Crippen LogP contribution in [0.4, 0.5) is 0 Å². The highest BCUT2D eigenvalue weighted by molar-refractivity contribution is 7.47. The number of phosphoric ester groups is 1. The molecule has 10 heteroatoms. The summed E-state index contributed by atoms with van der Waals surface area (Å²) in [7, 11) is 1.48. The maximum Gasteiger partial charge on any atom is 0.472 e. The summed E-state index contributed by atoms with van der Waals surface area (Å²) in [4.78, 5) is 35.8. The number of allylic oxidation sites excluding steroid dienone is 14. The topological polar surface area (TPSA) is 108 Å². The van der Waals surface area contributed by atoms with Gasteiger partial charge < -0.3 is 18.9 Å². The van der Waals surface area contributed by atoms with Crippen molar-refractivity contribution in [1.29, 1.82) is 0 Å². The summed E-state index contributed by atoms with van der Waals surface area (Å²) in [5, 5.41) is 0. The van der Waals surface area contributed by atoms with Crippen molar-refractivity contribution in [2.24, 2.45) is 0 Å². The second kappa shape index (κ2) is 62.7. The summed E-state index contributed by atoms with van der Waals surface area (Å²) < 4.78 is 34.7. The third-order valence-electron chi connectivity index (χ3n) is 14.9. The van der Waals surface area contributed by atoms with Crippen molar-refractivity contribution in [3.8, 4) is 0 Å². The van der Waals surface area contributed by atoms with Gasteiger partial charge in [-0.1, -0.05) is 292 Å². The summed E-state index contributed by atoms with van der Waals surface area (Å²) in [5.74, 6) is -0.795. The Kier molecular flexibility index (Phi) is 60.6. The first kappa shape index (κ1) is 79.2. The van der Waals surface area contributed by atoms with Crippen LogP contribution in [-0.2, 0) is 32.7 Å². The number of ether oxygens (including phenoxy) is 2. The molecule has 0 amide bonds. The minimum Gasteiger partial charge on any atom is -0.462 e. The molecule has 0 radical (unpaired) electrons. The molecule has 2 unspecified atom stereocenters. The number of phosphoric acid groups is 1. The number of hydrogen-bond donors (Lipinski definition) is 1. The Hall–Kier alpha value is -2.81. The molecule has 9 nitrogen and oxygen atoms in total. The molecule has 0 aliphatic carbocycles. The number of nitrogens with zero attached hydrogens (tertiary/aromatic N) is 1. The molecule has 0 aromatic carbocycles. The van der Waals surface area contributed by atoms with E-state index in [1.807, 2.05) is 21.1 Å². The number of likely N-dealkylation sites (N-methyl/N-ethyl adjacent to an activating group) is 1. The van der Waals surface area contributed by atoms with Gasteiger partial charge >= 0.3 is 19.8 Å². The predicted molar refractivity (Wildman–Crippen MR) is 353 cm³/mol. The first-order chi connectivity index (χ1) is 40.0. The van der Waals surface area contributed by atoms with E-state index in [9.17, 15) is 19.0 Å². The summed E-state index contributed by atoms with van der Waals surface area (Å²) in [6.07, 6.45) is 85.4. The predicted octanol–water partition coefficient (Wildman–Crippen LogP) is 22.2. The highest BCUT2D eigenvalue weighted by Crippen LogP contribution is 2.43. The zero-order chi connectivity index (χ0) is 59.8. The summed E-state index contributed by atoms with van der Waals surface area (Å²) >= 11 is 0. The van der Waals surface area contributed by atoms with Gasteiger partial charge in [0.15, 0.2) is 6.10 Å². The highest BCUT2D eigenvalue weighted by atomic mass is 31.2. The van der Waals surface area contributed by atoms with Crippen molar-refractivity contribution in [2.45, 2.75) is 315 Å². The van der Waals surface area contributed by atoms with E-state index in [0.717, 1.165) is 83.5 Å². The van der Waals surface area contributed by atoms with E-state index >= 15 is 0 Å². The van der Waals surface area contributed by atoms with Crippen LogP contribution in [-0.4, -0.2) is 74.9 Å². The van der Waals surface area contributed by atoms with Gasteiger partial charge in [-0.3, -0.25) is 18.6 Å². The first-order valence-corrected chi connectivity index (χ1v) is 35.8. The van der Waals surface area contributed by atoms with Crippen molar-refractivity contribution >= 4 is 19.8 Å². The second-order valence-corrected chi connectivity index (χ2v) is 25.6. The molecular weight excluding hydrogens is 1040 g/mol. The first-order valence-electron chi connectivity index (χ1n) is 34.3. The van der Waals surface area contributed by atoms with Crippen LogP contribution in [0.3, 0.4) is 0 Å². The largest absolute Gasteiger partial charge is 0.472 e. The van der Waals surface area contributed by atoms with E-state index in [2.05, 4.69) is 98.9 Å². The van der Waals surface area contributed by atoms with Crippen LogP contribution in [0.15, 0.2) is 85.1 Å². The Morgan fingerprint density at radius 1 is 0.390 bits per heavy atom. The Balaban J connectivity index is 4.02. The molecule has 0 aromatic rings. The van der Waals surface area contributed by atoms with Crippen molar-refractivity contribution in [3.05, 3.63) is 85.1 Å². The van der Waals surface area contributed by atoms with E-state index in [4.69, 9.17) is 18.5 Å². The van der Waals surface area contributed by atoms with E-state index < -0.39 is 26.5 Å². The number of hydrogen-bond acceptors (Lipinski definition) is 7. The number of esters is 2. The molecule has 0 saturated heterocycles. The average molecular weight is 1170 g/mol. The number of carbonyl (C=O) groups excluding carboxylic acids is 2. The van der Waals surface area contributed by atoms with Crippen LogP contribution in [0.5, 0.6) is 0 Å². The molecule has 0 aliphatic rings. The molecule has 0 bridgehead atoms. The van der Waals surface area contributed by atoms with Gasteiger partial charge in [-0.2, -0.15) is 0 Å². The van der Waals surface area contributed by atoms with Crippen LogP contribution < -0.4 is 0 Å². The summed E-state index contributed by atoms with van der Waals surface area (Å²) in [6.45, 7) is 4.34. The standard InChI is InChI=1S/C72H130NO8P/c1-6-8-10-12-14-16-18-20-22-24-26-28-30-31-32-33-34-35-36-37-38-39-40-41-43-45-47-49-51-53-55-57-59-61-63-65-72(75)81-70(69-80-82(76,77)79-67-66-73(3,4)5)68-78-71(74)64-62-60-58-56-54-52-50-48-46-44-42-29-27-25-23-21-19-17-15-13-11-9-7-2/h8,10,14,16,19-22,25-28,42,44,70H,6-7,9,11-13,15,17-18,23-24,29-41,43,45-69H2,1-5H3/p+1/b10-8-,16-14-,21-19-,22-20-,27-25-,28-26-,44-42-. The van der Waals surface area contributed by atoms with Gasteiger partial charge in [-0.25, -0.2) is 4.57 Å². The maximum absolute atomic E-state index is 12.9. The quantitative estimate of drug-likeness (QED) is 0.0211. The molecule has 0 rings (SSSR count). The third-order valence-corrected chi connectivity index (χ3v) is 15.9. The van der Waals surface area contributed by atoms with Crippen LogP contribution in [0, 0.1) is 0 Å². The maximum atomic E-state index is 12.9. The Morgan fingerprint density at radius 2 is 0.695 bits per heavy atom. The molecule has 0 heterocycles. The lowest BCUT2D eigenvalue weighted by Crippen LogP contribution is -2.37. The molecule has 476 valence electrons. The Labute approximate surface area is 507 Å². The van der Waals surface area contributed by atoms with Gasteiger partial charge in [0.2, 0.25) is 0 Å². The van der Waals surface area contributed by atoms with Gasteiger partial charge in [-0.15, -0.1) is 0 Å². The van der Waals surface area contributed by atoms with Crippen molar-refractivity contribution in [2.75, 3.05) is 47.5 Å². The van der Waals surface area contributed by atoms with Gasteiger partial charge in [0.25, 0.3) is 0 Å². The monoisotopic (exact) mass is 1170 g/mol. The fourth-order valence-corrected chi connectivity index (χ4v) is 10.4. The van der Waals surface area contributed by atoms with E-state index in [1.165, 1.54) is 193 Å². The van der Waals surface area contributed by atoms with Crippen LogP contribution in [0.25, 0.3) is 0 Å². The third kappa shape index (κ3) is 66.3. The molecule has 2 atom stereocenters. The number of rotatable bonds is 63. The van der Waals surface area contributed by atoms with Gasteiger partial charge in [0.1, 0.15) is 19.8 Å². The number of quaternary nitrogens is 1. The van der Waals surface area contributed by atoms with Crippen molar-refractivity contribution < 1.29 is 42.1 Å². The average Bonchev–Trinajstić information content (AvgIpc) is 3.45. The lowest BCUT2D eigenvalue weighted by molar-refractivity contribution is -0.870. The lowest BCUT2D eigenvalue weighted by atomic mass is 10.0. The minimum atomic E-state index is -4.39. The zero-order valence-electron chi connectivity index (χ0n) is 54.2. The summed E-state index contributed by atoms with van der Waals surface area (Å²) in [5.41, 5.74) is 0. The highest BCUT2D eigenvalue weighted by Gasteiger charge is 2.27. The van der Waals surface area contributed by atoms with E-state index in [-0.39, 0.29) is 32.0 Å². The Morgan fingerprint density at radius 3 is 1.04 bits per heavy atom. The molecule has 0 aromatic heterocycles. The fourth-order valence-electron chi connectivity index (χ4n) is 9.66. The lowest BCUT2D eigenvalue weighted by Gasteiger charge is -2.24. The SMILES string of the molecule is CC/C=C\C/C=C\C/C=C\C/C=C\CCCCCCCCCCCCCCCCCCCCCCCCC(=O)OC(COC(=O)CCCCCCCCCC/C=C\C/C=C\C/C=C\CCCCCCC)COP(=O)(O)OCC[N+](C)(C)C. The van der Waals surface area contributed by atoms with E-state index in [0.29, 0.717) is 17.4 Å². The number of unbranched alkanes of at least 4 members (excludes halogenated alkanes) is 35. The van der Waals surface area contributed by atoms with Crippen LogP contribution >= 0.6 is 7.82 Å². The van der Waals surface area contributed by atoms with Crippen LogP contribution in [0.1, 0.15) is 309 Å². The molecule has 0 fully saturated rings. The van der Waals surface area contributed by atoms with E-state index in [1.54, 1.807) is 0 Å². The normalized spacial score (nSPS) is 13.7. The molecule has 0 aliphatic heterocycles. The van der Waals surface area contributed by atoms with Crippen molar-refractivity contribution in [1.82, 2.24) is 0 Å². The molecule has 82 heavy (non-hydrogen) atoms. The summed E-state index contributed by atoms with van der Waals surface area (Å²) in [6, 6.07) is 0. The number of carbonyl (C=O) groups is 2. The minimum absolute atomic E-state index is 0.0293. The zero-order valence-corrected chi connectivity index (χ0v) is 55.1. The molecular formula is C72H131NO8P+. The van der Waals surface area contributed by atoms with Gasteiger partial charge in [0, 0.05) is 12.8 Å².